The predicted octanol–water partition coefficient (Wildman–Crippen LogP) is 1.20. The highest BCUT2D eigenvalue weighted by Gasteiger charge is 2.18. The number of aromatic carboxylic acids is 1. The smallest absolute Gasteiger partial charge is 0.339 e. The van der Waals surface area contributed by atoms with Gasteiger partial charge in [0.05, 0.1) is 0 Å². The molecule has 0 amide bonds. The SMILES string of the molecule is NCC[C@@H](N)c1cc(Br)cc(C(=O)O)c1O. The lowest BCUT2D eigenvalue weighted by atomic mass is 10.0. The van der Waals surface area contributed by atoms with E-state index >= 15 is 0 Å². The minimum atomic E-state index is -1.19. The molecule has 0 aliphatic rings. The summed E-state index contributed by atoms with van der Waals surface area (Å²) in [6, 6.07) is 2.46. The molecule has 0 aliphatic heterocycles. The summed E-state index contributed by atoms with van der Waals surface area (Å²) in [6.07, 6.45) is 0.475. The highest BCUT2D eigenvalue weighted by atomic mass is 79.9. The molecule has 5 nitrogen and oxygen atoms in total. The van der Waals surface area contributed by atoms with E-state index in [2.05, 4.69) is 15.9 Å². The van der Waals surface area contributed by atoms with Crippen LogP contribution in [0.25, 0.3) is 0 Å². The number of carboxylic acids is 1. The summed E-state index contributed by atoms with van der Waals surface area (Å²) >= 11 is 3.17. The minimum absolute atomic E-state index is 0.170. The Morgan fingerprint density at radius 1 is 1.50 bits per heavy atom. The van der Waals surface area contributed by atoms with Crippen LogP contribution in [0.5, 0.6) is 5.75 Å². The van der Waals surface area contributed by atoms with Gasteiger partial charge >= 0.3 is 5.97 Å². The fourth-order valence-corrected chi connectivity index (χ4v) is 1.88. The number of carboxylic acid groups (broad SMARTS) is 1. The van der Waals surface area contributed by atoms with Gasteiger partial charge in [0.2, 0.25) is 0 Å². The van der Waals surface area contributed by atoms with Gasteiger partial charge in [-0.2, -0.15) is 0 Å². The number of halogens is 1. The number of phenols is 1. The van der Waals surface area contributed by atoms with E-state index in [0.29, 0.717) is 23.0 Å². The van der Waals surface area contributed by atoms with Gasteiger partial charge in [0.25, 0.3) is 0 Å². The molecule has 0 radical (unpaired) electrons. The van der Waals surface area contributed by atoms with Crippen LogP contribution >= 0.6 is 15.9 Å². The van der Waals surface area contributed by atoms with Crippen molar-refractivity contribution in [2.75, 3.05) is 6.54 Å². The molecule has 1 rings (SSSR count). The van der Waals surface area contributed by atoms with Crippen molar-refractivity contribution >= 4 is 21.9 Å². The summed E-state index contributed by atoms with van der Waals surface area (Å²) in [6.45, 7) is 0.371. The van der Waals surface area contributed by atoms with E-state index in [1.165, 1.54) is 6.07 Å². The molecule has 0 bridgehead atoms. The molecule has 1 aromatic carbocycles. The molecule has 0 fully saturated rings. The molecule has 6 N–H and O–H groups in total. The van der Waals surface area contributed by atoms with Gasteiger partial charge in [0, 0.05) is 16.1 Å². The standard InChI is InChI=1S/C10H13BrN2O3/c11-5-3-6(8(13)1-2-12)9(14)7(4-5)10(15)16/h3-4,8,14H,1-2,12-13H2,(H,15,16)/t8-/m1/s1. The van der Waals surface area contributed by atoms with Crippen LogP contribution in [0.3, 0.4) is 0 Å². The van der Waals surface area contributed by atoms with Crippen LogP contribution < -0.4 is 11.5 Å². The Labute approximate surface area is 101 Å². The Morgan fingerprint density at radius 3 is 2.62 bits per heavy atom. The summed E-state index contributed by atoms with van der Waals surface area (Å²) in [5.41, 5.74) is 11.4. The normalized spacial score (nSPS) is 12.4. The molecule has 6 heteroatoms. The summed E-state index contributed by atoms with van der Waals surface area (Å²) in [5, 5.41) is 18.6. The third kappa shape index (κ3) is 2.72. The van der Waals surface area contributed by atoms with Gasteiger partial charge in [0.1, 0.15) is 11.3 Å². The number of nitrogens with two attached hydrogens (primary N) is 2. The van der Waals surface area contributed by atoms with Crippen LogP contribution in [0.15, 0.2) is 16.6 Å². The first-order chi connectivity index (χ1) is 7.47. The van der Waals surface area contributed by atoms with Crippen molar-refractivity contribution in [1.29, 1.82) is 0 Å². The number of rotatable bonds is 4. The molecule has 0 aliphatic carbocycles. The van der Waals surface area contributed by atoms with Crippen LogP contribution in [0.2, 0.25) is 0 Å². The fourth-order valence-electron chi connectivity index (χ4n) is 1.40. The number of hydrogen-bond donors (Lipinski definition) is 4. The number of carbonyl (C=O) groups is 1. The van der Waals surface area contributed by atoms with Crippen molar-refractivity contribution in [1.82, 2.24) is 0 Å². The monoisotopic (exact) mass is 288 g/mol. The van der Waals surface area contributed by atoms with Crippen molar-refractivity contribution in [3.63, 3.8) is 0 Å². The molecule has 0 aromatic heterocycles. The molecular weight excluding hydrogens is 276 g/mol. The lowest BCUT2D eigenvalue weighted by molar-refractivity contribution is 0.0693. The largest absolute Gasteiger partial charge is 0.507 e. The van der Waals surface area contributed by atoms with Crippen molar-refractivity contribution < 1.29 is 15.0 Å². The van der Waals surface area contributed by atoms with E-state index in [0.717, 1.165) is 0 Å². The quantitative estimate of drug-likeness (QED) is 0.666. The van der Waals surface area contributed by atoms with E-state index in [4.69, 9.17) is 16.6 Å². The summed E-state index contributed by atoms with van der Waals surface area (Å²) in [4.78, 5) is 10.9. The lowest BCUT2D eigenvalue weighted by Gasteiger charge is -2.14. The van der Waals surface area contributed by atoms with Gasteiger partial charge < -0.3 is 21.7 Å². The van der Waals surface area contributed by atoms with Crippen LogP contribution in [-0.4, -0.2) is 22.7 Å². The maximum absolute atomic E-state index is 10.9. The molecule has 0 spiro atoms. The Hall–Kier alpha value is -1.11. The number of aromatic hydroxyl groups is 1. The molecule has 0 heterocycles. The first kappa shape index (κ1) is 13.0. The summed E-state index contributed by atoms with van der Waals surface area (Å²) in [5.74, 6) is -1.49. The summed E-state index contributed by atoms with van der Waals surface area (Å²) < 4.78 is 0.560. The third-order valence-corrected chi connectivity index (χ3v) is 2.67. The van der Waals surface area contributed by atoms with Crippen molar-refractivity contribution in [3.8, 4) is 5.75 Å². The highest BCUT2D eigenvalue weighted by molar-refractivity contribution is 9.10. The highest BCUT2D eigenvalue weighted by Crippen LogP contribution is 2.31. The lowest BCUT2D eigenvalue weighted by Crippen LogP contribution is -2.16. The molecular formula is C10H13BrN2O3. The van der Waals surface area contributed by atoms with Gasteiger partial charge in [-0.3, -0.25) is 0 Å². The van der Waals surface area contributed by atoms with Gasteiger partial charge in [-0.15, -0.1) is 0 Å². The zero-order valence-electron chi connectivity index (χ0n) is 8.48. The average molecular weight is 289 g/mol. The second-order valence-corrected chi connectivity index (χ2v) is 4.30. The third-order valence-electron chi connectivity index (χ3n) is 2.21. The second-order valence-electron chi connectivity index (χ2n) is 3.38. The molecule has 88 valence electrons. The zero-order valence-corrected chi connectivity index (χ0v) is 10.1. The molecule has 0 unspecified atom stereocenters. The van der Waals surface area contributed by atoms with Crippen molar-refractivity contribution in [3.05, 3.63) is 27.7 Å². The maximum atomic E-state index is 10.9. The molecule has 0 saturated carbocycles. The average Bonchev–Trinajstić information content (AvgIpc) is 2.20. The number of benzene rings is 1. The van der Waals surface area contributed by atoms with E-state index in [9.17, 15) is 9.90 Å². The van der Waals surface area contributed by atoms with Crippen molar-refractivity contribution in [2.24, 2.45) is 11.5 Å². The van der Waals surface area contributed by atoms with Gasteiger partial charge in [-0.25, -0.2) is 4.79 Å². The van der Waals surface area contributed by atoms with Gasteiger partial charge in [0.15, 0.2) is 0 Å². The van der Waals surface area contributed by atoms with Crippen LogP contribution in [-0.2, 0) is 0 Å². The number of hydrogen-bond acceptors (Lipinski definition) is 4. The van der Waals surface area contributed by atoms with E-state index in [1.54, 1.807) is 6.07 Å². The Balaban J connectivity index is 3.23. The fraction of sp³-hybridized carbons (Fsp3) is 0.300. The second kappa shape index (κ2) is 5.29. The van der Waals surface area contributed by atoms with Crippen LogP contribution in [0, 0.1) is 0 Å². The Kier molecular flexibility index (Phi) is 4.28. The van der Waals surface area contributed by atoms with Gasteiger partial charge in [-0.1, -0.05) is 15.9 Å². The minimum Gasteiger partial charge on any atom is -0.507 e. The van der Waals surface area contributed by atoms with E-state index in [1.807, 2.05) is 0 Å². The Bertz CT molecular complexity index is 409. The van der Waals surface area contributed by atoms with E-state index in [-0.39, 0.29) is 11.3 Å². The van der Waals surface area contributed by atoms with Crippen LogP contribution in [0.1, 0.15) is 28.4 Å². The first-order valence-electron chi connectivity index (χ1n) is 4.68. The first-order valence-corrected chi connectivity index (χ1v) is 5.48. The van der Waals surface area contributed by atoms with Crippen LogP contribution in [0.4, 0.5) is 0 Å². The molecule has 1 atom stereocenters. The molecule has 16 heavy (non-hydrogen) atoms. The predicted molar refractivity (Wildman–Crippen MR) is 63.4 cm³/mol. The summed E-state index contributed by atoms with van der Waals surface area (Å²) in [7, 11) is 0. The van der Waals surface area contributed by atoms with Gasteiger partial charge in [-0.05, 0) is 25.1 Å². The van der Waals surface area contributed by atoms with Crippen molar-refractivity contribution in [2.45, 2.75) is 12.5 Å². The molecule has 0 saturated heterocycles. The zero-order chi connectivity index (χ0) is 12.3. The molecule has 1 aromatic rings. The van der Waals surface area contributed by atoms with E-state index < -0.39 is 12.0 Å². The topological polar surface area (TPSA) is 110 Å². The Morgan fingerprint density at radius 2 is 2.12 bits per heavy atom. The maximum Gasteiger partial charge on any atom is 0.339 e.